The largest absolute Gasteiger partial charge is 0.508 e. The first-order valence-corrected chi connectivity index (χ1v) is 28.6. The van der Waals surface area contributed by atoms with Crippen molar-refractivity contribution in [1.29, 1.82) is 0 Å². The minimum atomic E-state index is -4.97. The Kier molecular flexibility index (Phi) is 17.8. The summed E-state index contributed by atoms with van der Waals surface area (Å²) >= 11 is 0. The number of ether oxygens (including phenoxy) is 2. The number of halogens is 6. The number of phenols is 4. The van der Waals surface area contributed by atoms with E-state index in [9.17, 15) is 58.5 Å². The molecule has 1 amide bonds. The maximum Gasteiger partial charge on any atom is 0.402 e. The number of hydrogen-bond donors (Lipinski definition) is 11. The minimum absolute atomic E-state index is 0.0625. The van der Waals surface area contributed by atoms with Crippen LogP contribution in [-0.4, -0.2) is 98.5 Å². The Morgan fingerprint density at radius 1 is 0.516 bits per heavy atom. The number of nitrogens with one attached hydrogen (secondary N) is 3. The van der Waals surface area contributed by atoms with Gasteiger partial charge >= 0.3 is 18.3 Å². The Balaban J connectivity index is 0.798. The van der Waals surface area contributed by atoms with Crippen LogP contribution in [0.1, 0.15) is 84.6 Å². The van der Waals surface area contributed by atoms with Crippen LogP contribution in [0.4, 0.5) is 43.4 Å². The van der Waals surface area contributed by atoms with E-state index in [2.05, 4.69) is 40.2 Å². The second-order valence-corrected chi connectivity index (χ2v) is 22.5. The smallest absolute Gasteiger partial charge is 0.402 e. The van der Waals surface area contributed by atoms with E-state index < -0.39 is 69.7 Å². The number of aliphatic hydroxyl groups is 2. The number of carboxylic acids is 1. The summed E-state index contributed by atoms with van der Waals surface area (Å²) in [6.45, 7) is 0.931. The molecule has 0 bridgehead atoms. The van der Waals surface area contributed by atoms with Crippen LogP contribution in [0.5, 0.6) is 34.5 Å². The summed E-state index contributed by atoms with van der Waals surface area (Å²) in [7, 11) is 0. The van der Waals surface area contributed by atoms with Crippen molar-refractivity contribution in [2.24, 2.45) is 0 Å². The number of anilines is 3. The Labute approximate surface area is 518 Å². The zero-order valence-corrected chi connectivity index (χ0v) is 48.8. The first-order chi connectivity index (χ1) is 43.2. The monoisotopic (exact) mass is 1250 g/mol. The van der Waals surface area contributed by atoms with Crippen LogP contribution < -0.4 is 31.2 Å². The molecule has 91 heavy (non-hydrogen) atoms. The Hall–Kier alpha value is -10.2. The number of rotatable bonds is 22. The molecule has 15 nitrogen and oxygen atoms in total. The van der Waals surface area contributed by atoms with Gasteiger partial charge in [-0.15, -0.1) is 0 Å². The average Bonchev–Trinajstić information content (AvgIpc) is 1.57. The van der Waals surface area contributed by atoms with Gasteiger partial charge in [0.1, 0.15) is 70.7 Å². The maximum atomic E-state index is 15.3. The van der Waals surface area contributed by atoms with E-state index in [1.54, 1.807) is 24.3 Å². The molecule has 0 fully saturated rings. The summed E-state index contributed by atoms with van der Waals surface area (Å²) < 4.78 is 103. The molecule has 4 atom stereocenters. The van der Waals surface area contributed by atoms with Gasteiger partial charge in [0.05, 0.1) is 33.6 Å². The average molecular weight is 1250 g/mol. The van der Waals surface area contributed by atoms with Gasteiger partial charge in [-0.2, -0.15) is 26.3 Å². The number of aliphatic hydroxyl groups excluding tert-OH is 2. The van der Waals surface area contributed by atoms with E-state index in [0.29, 0.717) is 11.5 Å². The van der Waals surface area contributed by atoms with Crippen LogP contribution in [0.3, 0.4) is 0 Å². The summed E-state index contributed by atoms with van der Waals surface area (Å²) in [5, 5.41) is 81.9. The van der Waals surface area contributed by atoms with Gasteiger partial charge in [-0.25, -0.2) is 4.79 Å². The van der Waals surface area contributed by atoms with Gasteiger partial charge in [0, 0.05) is 25.2 Å². The first-order valence-electron chi connectivity index (χ1n) is 28.6. The fraction of sp³-hybridized carbons (Fsp3) is 0.200. The number of alkyl halides is 6. The molecule has 0 aliphatic heterocycles. The highest BCUT2D eigenvalue weighted by atomic mass is 19.4. The lowest BCUT2D eigenvalue weighted by molar-refractivity contribution is -0.173. The van der Waals surface area contributed by atoms with Crippen molar-refractivity contribution in [1.82, 2.24) is 5.32 Å². The number of carboxylic acid groups (broad SMARTS) is 1. The van der Waals surface area contributed by atoms with E-state index >= 15 is 13.2 Å². The van der Waals surface area contributed by atoms with Crippen LogP contribution in [0.25, 0.3) is 11.1 Å². The molecule has 0 radical (unpaired) electrons. The third-order valence-corrected chi connectivity index (χ3v) is 16.8. The normalized spacial score (nSPS) is 14.6. The van der Waals surface area contributed by atoms with Gasteiger partial charge in [0.2, 0.25) is 0 Å². The van der Waals surface area contributed by atoms with E-state index in [-0.39, 0.29) is 94.9 Å². The van der Waals surface area contributed by atoms with Crippen LogP contribution in [-0.2, 0) is 22.8 Å². The Morgan fingerprint density at radius 2 is 0.945 bits per heavy atom. The topological polar surface area (TPSA) is 256 Å². The summed E-state index contributed by atoms with van der Waals surface area (Å²) in [5.74, 6) is -3.21. The fourth-order valence-corrected chi connectivity index (χ4v) is 11.6. The van der Waals surface area contributed by atoms with E-state index in [1.165, 1.54) is 30.3 Å². The molecule has 0 spiro atoms. The van der Waals surface area contributed by atoms with Crippen LogP contribution in [0, 0.1) is 0 Å². The van der Waals surface area contributed by atoms with Gasteiger partial charge in [0.25, 0.3) is 5.91 Å². The number of phenolic OH excluding ortho intramolecular Hbond substituents is 4. The van der Waals surface area contributed by atoms with Crippen molar-refractivity contribution in [2.45, 2.75) is 61.2 Å². The molecule has 0 aromatic heterocycles. The quantitative estimate of drug-likeness (QED) is 0.0171. The highest BCUT2D eigenvalue weighted by Crippen LogP contribution is 2.57. The molecule has 4 unspecified atom stereocenters. The number of benzene rings is 9. The maximum absolute atomic E-state index is 15.3. The van der Waals surface area contributed by atoms with Crippen molar-refractivity contribution >= 4 is 28.9 Å². The predicted octanol–water partition coefficient (Wildman–Crippen LogP) is 12.5. The van der Waals surface area contributed by atoms with Crippen LogP contribution in [0.2, 0.25) is 0 Å². The summed E-state index contributed by atoms with van der Waals surface area (Å²) in [5.41, 5.74) is 2.83. The lowest BCUT2D eigenvalue weighted by Gasteiger charge is -2.34. The molecule has 470 valence electrons. The number of fused-ring (bicyclic) bond motifs is 3. The number of carbonyl (C=O) groups excluding carboxylic acids is 1. The number of nitrogen functional groups attached to an aromatic ring is 1. The van der Waals surface area contributed by atoms with Gasteiger partial charge in [-0.05, 0) is 154 Å². The number of aromatic hydroxyl groups is 4. The Morgan fingerprint density at radius 3 is 1.45 bits per heavy atom. The van der Waals surface area contributed by atoms with Crippen LogP contribution in [0.15, 0.2) is 194 Å². The van der Waals surface area contributed by atoms with Gasteiger partial charge in [-0.1, -0.05) is 109 Å². The van der Waals surface area contributed by atoms with Crippen molar-refractivity contribution in [2.75, 3.05) is 42.7 Å². The molecule has 12 N–H and O–H groups in total. The van der Waals surface area contributed by atoms with Crippen LogP contribution >= 0.6 is 0 Å². The van der Waals surface area contributed by atoms with Crippen molar-refractivity contribution < 1.29 is 81.2 Å². The summed E-state index contributed by atoms with van der Waals surface area (Å²) in [4.78, 5) is 24.9. The zero-order chi connectivity index (χ0) is 65.2. The molecular formula is C70H62F6N4O11. The molecule has 9 aromatic rings. The molecule has 0 saturated carbocycles. The lowest BCUT2D eigenvalue weighted by Crippen LogP contribution is -2.40. The molecule has 0 heterocycles. The number of carbonyl (C=O) groups is 2. The summed E-state index contributed by atoms with van der Waals surface area (Å²) in [6, 6.07) is 49.1. The second-order valence-electron chi connectivity index (χ2n) is 22.5. The molecule has 0 saturated heterocycles. The number of amides is 1. The van der Waals surface area contributed by atoms with E-state index in [1.807, 2.05) is 48.5 Å². The standard InChI is InChI=1S/C70H62F6N4O11/c1-66(69(71,72)73,46-22-30-63(86)59(34-46)80-64(87)53-11-3-4-12-54(53)65(88)89)43-19-27-60(83)40(31-43)35-78-36-47(81)38-90-49-23-15-41(16-24-49)68(55-13-7-5-9-51(55)52-10-6-8-14-56(52)68)42-17-25-50(26-18-42)91-39-48(82)37-79-58-33-45(21-29-62(58)85)67(2,70(74,75)76)44-20-28-61(84)57(77)32-44/h3-34,47-48,78-79,81-86H,35-39,77H2,1-2H3,(H,80,87)(H,88,89). The number of nitrogens with two attached hydrogens (primary N) is 1. The third-order valence-electron chi connectivity index (χ3n) is 16.8. The zero-order valence-electron chi connectivity index (χ0n) is 48.8. The Bertz CT molecular complexity index is 4120. The van der Waals surface area contributed by atoms with Gasteiger partial charge < -0.3 is 66.9 Å². The predicted molar refractivity (Wildman–Crippen MR) is 330 cm³/mol. The lowest BCUT2D eigenvalue weighted by atomic mass is 9.68. The molecule has 1 aliphatic rings. The highest BCUT2D eigenvalue weighted by molar-refractivity contribution is 6.11. The number of hydrogen-bond acceptors (Lipinski definition) is 13. The molecular weight excluding hydrogens is 1190 g/mol. The highest BCUT2D eigenvalue weighted by Gasteiger charge is 2.55. The molecule has 1 aliphatic carbocycles. The van der Waals surface area contributed by atoms with Crippen molar-refractivity contribution in [3.63, 3.8) is 0 Å². The molecule has 10 rings (SSSR count). The number of aromatic carboxylic acids is 1. The van der Waals surface area contributed by atoms with Crippen molar-refractivity contribution in [3.05, 3.63) is 255 Å². The molecule has 9 aromatic carbocycles. The van der Waals surface area contributed by atoms with Gasteiger partial charge in [0.15, 0.2) is 0 Å². The SMILES string of the molecule is CC(c1ccc(O)c(N)c1)(c1ccc(O)c(NCC(O)COc2ccc(C3(c4ccc(OCC(O)CNCc5cc(C(C)(c6ccc(O)c(NC(=O)c7ccccc7C(=O)O)c6)C(F)(F)F)ccc5O)cc4)c4ccccc4-c4ccccc43)cc2)c1)C(F)(F)F. The van der Waals surface area contributed by atoms with Crippen molar-refractivity contribution in [3.8, 4) is 45.6 Å². The van der Waals surface area contributed by atoms with Gasteiger partial charge in [-0.3, -0.25) is 4.79 Å². The summed E-state index contributed by atoms with van der Waals surface area (Å²) in [6.07, 6.45) is -12.1. The second kappa shape index (κ2) is 25.3. The minimum Gasteiger partial charge on any atom is -0.508 e. The first kappa shape index (κ1) is 63.8. The molecule has 21 heteroatoms. The van der Waals surface area contributed by atoms with E-state index in [0.717, 1.165) is 114 Å². The third kappa shape index (κ3) is 12.3. The van der Waals surface area contributed by atoms with E-state index in [4.69, 9.17) is 15.2 Å². The fourth-order valence-electron chi connectivity index (χ4n) is 11.6.